The van der Waals surface area contributed by atoms with Crippen LogP contribution in [0.25, 0.3) is 0 Å². The van der Waals surface area contributed by atoms with E-state index in [1.54, 1.807) is 31.4 Å². The summed E-state index contributed by atoms with van der Waals surface area (Å²) in [6.07, 6.45) is 1.32. The quantitative estimate of drug-likeness (QED) is 0.736. The molecule has 5 rings (SSSR count). The van der Waals surface area contributed by atoms with Gasteiger partial charge < -0.3 is 24.4 Å². The Morgan fingerprint density at radius 3 is 2.50 bits per heavy atom. The van der Waals surface area contributed by atoms with Crippen LogP contribution in [0.2, 0.25) is 0 Å². The van der Waals surface area contributed by atoms with Gasteiger partial charge in [-0.25, -0.2) is 0 Å². The molecule has 2 saturated heterocycles. The van der Waals surface area contributed by atoms with E-state index in [2.05, 4.69) is 15.3 Å². The monoisotopic (exact) mass is 437 g/mol. The van der Waals surface area contributed by atoms with Gasteiger partial charge in [-0.1, -0.05) is 12.1 Å². The highest BCUT2D eigenvalue weighted by Gasteiger charge is 2.42. The summed E-state index contributed by atoms with van der Waals surface area (Å²) in [5.74, 6) is -1.58. The molecule has 1 spiro atoms. The number of rotatable bonds is 3. The lowest BCUT2D eigenvalue weighted by atomic mass is 9.79. The van der Waals surface area contributed by atoms with E-state index in [9.17, 15) is 14.9 Å². The summed E-state index contributed by atoms with van der Waals surface area (Å²) < 4.78 is 16.7. The Morgan fingerprint density at radius 1 is 1.19 bits per heavy atom. The zero-order valence-corrected chi connectivity index (χ0v) is 17.6. The number of nitriles is 1. The second-order valence-corrected chi connectivity index (χ2v) is 8.09. The summed E-state index contributed by atoms with van der Waals surface area (Å²) >= 11 is 0. The van der Waals surface area contributed by atoms with E-state index < -0.39 is 23.5 Å². The van der Waals surface area contributed by atoms with Gasteiger partial charge in [0.2, 0.25) is 11.9 Å². The van der Waals surface area contributed by atoms with Crippen LogP contribution in [-0.4, -0.2) is 55.1 Å². The summed E-state index contributed by atoms with van der Waals surface area (Å²) in [6.45, 7) is 2.37. The molecule has 2 N–H and O–H groups in total. The maximum atomic E-state index is 13.2. The van der Waals surface area contributed by atoms with Crippen LogP contribution in [-0.2, 0) is 14.3 Å². The Balaban J connectivity index is 1.49. The maximum Gasteiger partial charge on any atom is 0.258 e. The van der Waals surface area contributed by atoms with Gasteiger partial charge in [0, 0.05) is 31.8 Å². The number of amides is 1. The lowest BCUT2D eigenvalue weighted by Gasteiger charge is -2.38. The molecule has 0 radical (unpaired) electrons. The standard InChI is InChI=1S/C22H23N5O5/c1-30-14-4-2-13(3-5-14)16-15(12-23)19(28)24-18-17(16)20(29)26-21(25-18)27-8-6-22(7-9-27)31-10-11-32-22/h2-5,15-16H,6-11H2,1H3,(H2,24,25,26,28,29). The van der Waals surface area contributed by atoms with Crippen LogP contribution in [0.4, 0.5) is 11.8 Å². The lowest BCUT2D eigenvalue weighted by molar-refractivity contribution is -0.169. The van der Waals surface area contributed by atoms with E-state index in [1.807, 2.05) is 11.0 Å². The fourth-order valence-electron chi connectivity index (χ4n) is 4.66. The number of carbonyl (C=O) groups excluding carboxylic acids is 1. The molecular formula is C22H23N5O5. The van der Waals surface area contributed by atoms with Gasteiger partial charge in [0.1, 0.15) is 17.5 Å². The van der Waals surface area contributed by atoms with Gasteiger partial charge in [0.25, 0.3) is 5.56 Å². The molecule has 10 nitrogen and oxygen atoms in total. The number of H-pyrrole nitrogens is 1. The number of methoxy groups -OCH3 is 1. The van der Waals surface area contributed by atoms with Crippen molar-refractivity contribution in [2.24, 2.45) is 5.92 Å². The first-order valence-corrected chi connectivity index (χ1v) is 10.5. The number of aromatic nitrogens is 2. The zero-order chi connectivity index (χ0) is 22.3. The van der Waals surface area contributed by atoms with Gasteiger partial charge >= 0.3 is 0 Å². The van der Waals surface area contributed by atoms with E-state index in [0.29, 0.717) is 56.4 Å². The molecule has 2 unspecified atom stereocenters. The Hall–Kier alpha value is -3.42. The number of fused-ring (bicyclic) bond motifs is 1. The van der Waals surface area contributed by atoms with Gasteiger partial charge in [-0.05, 0) is 17.7 Å². The molecule has 2 fully saturated rings. The molecule has 1 aromatic heterocycles. The molecular weight excluding hydrogens is 414 g/mol. The molecule has 2 atom stereocenters. The van der Waals surface area contributed by atoms with Crippen LogP contribution in [0.15, 0.2) is 29.1 Å². The molecule has 0 bridgehead atoms. The van der Waals surface area contributed by atoms with Crippen LogP contribution in [0.1, 0.15) is 29.9 Å². The van der Waals surface area contributed by atoms with E-state index in [1.165, 1.54) is 0 Å². The van der Waals surface area contributed by atoms with Gasteiger partial charge in [-0.2, -0.15) is 10.2 Å². The van der Waals surface area contributed by atoms with E-state index >= 15 is 0 Å². The van der Waals surface area contributed by atoms with Crippen LogP contribution in [0.3, 0.4) is 0 Å². The molecule has 32 heavy (non-hydrogen) atoms. The van der Waals surface area contributed by atoms with Crippen molar-refractivity contribution >= 4 is 17.7 Å². The van der Waals surface area contributed by atoms with Crippen molar-refractivity contribution in [3.8, 4) is 11.8 Å². The Kier molecular flexibility index (Phi) is 5.07. The summed E-state index contributed by atoms with van der Waals surface area (Å²) in [5, 5.41) is 12.3. The van der Waals surface area contributed by atoms with Crippen LogP contribution in [0.5, 0.6) is 5.75 Å². The van der Waals surface area contributed by atoms with Crippen molar-refractivity contribution < 1.29 is 19.0 Å². The van der Waals surface area contributed by atoms with Crippen molar-refractivity contribution in [2.45, 2.75) is 24.5 Å². The molecule has 0 aliphatic carbocycles. The minimum Gasteiger partial charge on any atom is -0.497 e. The summed E-state index contributed by atoms with van der Waals surface area (Å²) in [7, 11) is 1.56. The highest BCUT2D eigenvalue weighted by molar-refractivity contribution is 5.98. The number of carbonyl (C=O) groups is 1. The fourth-order valence-corrected chi connectivity index (χ4v) is 4.66. The molecule has 3 aliphatic heterocycles. The number of nitrogens with one attached hydrogen (secondary N) is 2. The minimum atomic E-state index is -1.05. The highest BCUT2D eigenvalue weighted by Crippen LogP contribution is 2.39. The number of nitrogens with zero attached hydrogens (tertiary/aromatic N) is 3. The maximum absolute atomic E-state index is 13.2. The third-order valence-corrected chi connectivity index (χ3v) is 6.36. The number of piperidine rings is 1. The average Bonchev–Trinajstić information content (AvgIpc) is 3.26. The second kappa shape index (κ2) is 7.93. The number of hydrogen-bond donors (Lipinski definition) is 2. The Morgan fingerprint density at radius 2 is 1.88 bits per heavy atom. The average molecular weight is 437 g/mol. The molecule has 0 saturated carbocycles. The smallest absolute Gasteiger partial charge is 0.258 e. The van der Waals surface area contributed by atoms with Crippen molar-refractivity contribution in [3.05, 3.63) is 45.7 Å². The molecule has 1 aromatic carbocycles. The highest BCUT2D eigenvalue weighted by atomic mass is 16.7. The summed E-state index contributed by atoms with van der Waals surface area (Å²) in [5.41, 5.74) is 0.574. The number of benzene rings is 1. The predicted molar refractivity (Wildman–Crippen MR) is 114 cm³/mol. The van der Waals surface area contributed by atoms with Crippen LogP contribution < -0.4 is 20.5 Å². The number of anilines is 2. The SMILES string of the molecule is COc1ccc(C2c3c(nc(N4CCC5(CC4)OCCO5)[nH]c3=O)NC(=O)C2C#N)cc1. The summed E-state index contributed by atoms with van der Waals surface area (Å²) in [4.78, 5) is 35.3. The molecule has 4 heterocycles. The summed E-state index contributed by atoms with van der Waals surface area (Å²) in [6, 6.07) is 9.04. The first kappa shape index (κ1) is 20.5. The van der Waals surface area contributed by atoms with Crippen molar-refractivity contribution in [3.63, 3.8) is 0 Å². The van der Waals surface area contributed by atoms with Gasteiger partial charge in [0.05, 0.1) is 32.0 Å². The fraction of sp³-hybridized carbons (Fsp3) is 0.455. The van der Waals surface area contributed by atoms with Crippen LogP contribution in [0, 0.1) is 17.2 Å². The molecule has 2 aromatic rings. The van der Waals surface area contributed by atoms with Crippen LogP contribution >= 0.6 is 0 Å². The molecule has 3 aliphatic rings. The van der Waals surface area contributed by atoms with Gasteiger partial charge in [-0.3, -0.25) is 14.6 Å². The molecule has 1 amide bonds. The van der Waals surface area contributed by atoms with Gasteiger partial charge in [-0.15, -0.1) is 0 Å². The van der Waals surface area contributed by atoms with E-state index in [0.717, 1.165) is 0 Å². The number of ether oxygens (including phenoxy) is 3. The minimum absolute atomic E-state index is 0.190. The van der Waals surface area contributed by atoms with Crippen molar-refractivity contribution in [1.82, 2.24) is 9.97 Å². The number of hydrogen-bond acceptors (Lipinski definition) is 8. The molecule has 10 heteroatoms. The zero-order valence-electron chi connectivity index (χ0n) is 17.6. The third-order valence-electron chi connectivity index (χ3n) is 6.36. The largest absolute Gasteiger partial charge is 0.497 e. The Labute approximate surface area is 184 Å². The topological polar surface area (TPSA) is 130 Å². The van der Waals surface area contributed by atoms with E-state index in [-0.39, 0.29) is 16.9 Å². The second-order valence-electron chi connectivity index (χ2n) is 8.09. The first-order valence-electron chi connectivity index (χ1n) is 10.5. The van der Waals surface area contributed by atoms with E-state index in [4.69, 9.17) is 14.2 Å². The normalized spacial score (nSPS) is 24.0. The van der Waals surface area contributed by atoms with Crippen molar-refractivity contribution in [2.75, 3.05) is 43.6 Å². The predicted octanol–water partition coefficient (Wildman–Crippen LogP) is 1.35. The Bertz CT molecular complexity index is 1120. The number of aromatic amines is 1. The lowest BCUT2D eigenvalue weighted by Crippen LogP contribution is -2.46. The molecule has 166 valence electrons. The third kappa shape index (κ3) is 3.39. The van der Waals surface area contributed by atoms with Crippen molar-refractivity contribution in [1.29, 1.82) is 5.26 Å². The first-order chi connectivity index (χ1) is 15.5. The van der Waals surface area contributed by atoms with Gasteiger partial charge in [0.15, 0.2) is 5.79 Å².